The van der Waals surface area contributed by atoms with Crippen molar-refractivity contribution in [1.29, 1.82) is 5.26 Å². The summed E-state index contributed by atoms with van der Waals surface area (Å²) in [4.78, 5) is 6.08. The molecule has 0 aliphatic rings. The highest BCUT2D eigenvalue weighted by molar-refractivity contribution is 7.80. The summed E-state index contributed by atoms with van der Waals surface area (Å²) >= 11 is 5.51. The zero-order chi connectivity index (χ0) is 17.2. The van der Waals surface area contributed by atoms with Crippen LogP contribution in [0.15, 0.2) is 48.8 Å². The van der Waals surface area contributed by atoms with Gasteiger partial charge in [-0.25, -0.2) is 0 Å². The van der Waals surface area contributed by atoms with E-state index in [-0.39, 0.29) is 0 Å². The molecular formula is C18H20N4OS. The number of ether oxygens (including phenoxy) is 1. The van der Waals surface area contributed by atoms with Gasteiger partial charge in [-0.2, -0.15) is 5.26 Å². The first-order valence-electron chi connectivity index (χ1n) is 7.77. The van der Waals surface area contributed by atoms with Crippen LogP contribution >= 0.6 is 12.2 Å². The Kier molecular flexibility index (Phi) is 6.99. The molecule has 2 aromatic rings. The van der Waals surface area contributed by atoms with Gasteiger partial charge in [-0.1, -0.05) is 6.07 Å². The molecule has 1 aromatic carbocycles. The van der Waals surface area contributed by atoms with E-state index in [1.807, 2.05) is 48.2 Å². The van der Waals surface area contributed by atoms with Gasteiger partial charge in [0, 0.05) is 31.2 Å². The molecule has 0 aliphatic carbocycles. The van der Waals surface area contributed by atoms with Crippen LogP contribution in [0.1, 0.15) is 18.9 Å². The predicted molar refractivity (Wildman–Crippen MR) is 98.7 cm³/mol. The maximum Gasteiger partial charge on any atom is 0.173 e. The van der Waals surface area contributed by atoms with Gasteiger partial charge in [0.1, 0.15) is 5.75 Å². The summed E-state index contributed by atoms with van der Waals surface area (Å²) in [5, 5.41) is 12.7. The first-order chi connectivity index (χ1) is 11.7. The quantitative estimate of drug-likeness (QED) is 0.777. The molecular weight excluding hydrogens is 320 g/mol. The van der Waals surface area contributed by atoms with Crippen LogP contribution in [-0.2, 0) is 6.54 Å². The third-order valence-corrected chi connectivity index (χ3v) is 3.65. The Labute approximate surface area is 147 Å². The first kappa shape index (κ1) is 17.7. The lowest BCUT2D eigenvalue weighted by molar-refractivity contribution is 0.340. The maximum atomic E-state index is 8.87. The van der Waals surface area contributed by atoms with Crippen LogP contribution in [0.25, 0.3) is 0 Å². The van der Waals surface area contributed by atoms with Crippen LogP contribution in [0.4, 0.5) is 5.69 Å². The lowest BCUT2D eigenvalue weighted by Crippen LogP contribution is -2.35. The summed E-state index contributed by atoms with van der Waals surface area (Å²) in [5.41, 5.74) is 1.93. The Morgan fingerprint density at radius 2 is 2.12 bits per heavy atom. The minimum absolute atomic E-state index is 0.408. The largest absolute Gasteiger partial charge is 0.494 e. The molecule has 0 radical (unpaired) electrons. The van der Waals surface area contributed by atoms with Gasteiger partial charge in [-0.15, -0.1) is 0 Å². The van der Waals surface area contributed by atoms with Crippen molar-refractivity contribution in [3.05, 3.63) is 54.4 Å². The van der Waals surface area contributed by atoms with Crippen molar-refractivity contribution in [1.82, 2.24) is 9.88 Å². The molecule has 124 valence electrons. The molecule has 0 amide bonds. The van der Waals surface area contributed by atoms with Crippen LogP contribution < -0.4 is 10.1 Å². The number of anilines is 1. The number of nitrogens with zero attached hydrogens (tertiary/aromatic N) is 3. The second-order valence-corrected chi connectivity index (χ2v) is 5.47. The zero-order valence-corrected chi connectivity index (χ0v) is 14.4. The normalized spacial score (nSPS) is 9.83. The molecule has 0 atom stereocenters. The number of nitriles is 1. The highest BCUT2D eigenvalue weighted by Crippen LogP contribution is 2.16. The number of hydrogen-bond donors (Lipinski definition) is 1. The molecule has 0 fully saturated rings. The molecule has 0 spiro atoms. The fraction of sp³-hybridized carbons (Fsp3) is 0.278. The minimum Gasteiger partial charge on any atom is -0.494 e. The van der Waals surface area contributed by atoms with Gasteiger partial charge in [0.2, 0.25) is 0 Å². The van der Waals surface area contributed by atoms with Crippen LogP contribution in [0.5, 0.6) is 5.75 Å². The molecule has 5 nitrogen and oxygen atoms in total. The molecule has 0 bridgehead atoms. The van der Waals surface area contributed by atoms with Gasteiger partial charge < -0.3 is 15.0 Å². The average molecular weight is 340 g/mol. The van der Waals surface area contributed by atoms with E-state index in [4.69, 9.17) is 22.2 Å². The van der Waals surface area contributed by atoms with Crippen molar-refractivity contribution in [2.45, 2.75) is 19.9 Å². The van der Waals surface area contributed by atoms with Crippen molar-refractivity contribution in [3.8, 4) is 11.8 Å². The molecule has 2 rings (SSSR count). The summed E-state index contributed by atoms with van der Waals surface area (Å²) in [6.45, 7) is 3.76. The Hall–Kier alpha value is -2.65. The number of benzene rings is 1. The molecule has 0 aliphatic heterocycles. The predicted octanol–water partition coefficient (Wildman–Crippen LogP) is 3.59. The molecule has 6 heteroatoms. The van der Waals surface area contributed by atoms with Crippen LogP contribution in [0.2, 0.25) is 0 Å². The number of aromatic nitrogens is 1. The number of nitrogens with one attached hydrogen (secondary N) is 1. The van der Waals surface area contributed by atoms with E-state index in [1.54, 1.807) is 12.4 Å². The number of pyridine rings is 1. The second kappa shape index (κ2) is 9.48. The Morgan fingerprint density at radius 1 is 1.33 bits per heavy atom. The van der Waals surface area contributed by atoms with Gasteiger partial charge in [0.25, 0.3) is 0 Å². The fourth-order valence-corrected chi connectivity index (χ4v) is 2.43. The molecule has 1 N–H and O–H groups in total. The van der Waals surface area contributed by atoms with Crippen molar-refractivity contribution in [2.75, 3.05) is 18.5 Å². The molecule has 1 aromatic heterocycles. The maximum absolute atomic E-state index is 8.87. The van der Waals surface area contributed by atoms with Crippen LogP contribution in [0.3, 0.4) is 0 Å². The van der Waals surface area contributed by atoms with Gasteiger partial charge in [0.15, 0.2) is 5.11 Å². The average Bonchev–Trinajstić information content (AvgIpc) is 2.61. The Balaban J connectivity index is 2.02. The number of hydrogen-bond acceptors (Lipinski definition) is 4. The lowest BCUT2D eigenvalue weighted by Gasteiger charge is -2.25. The Morgan fingerprint density at radius 3 is 2.75 bits per heavy atom. The summed E-state index contributed by atoms with van der Waals surface area (Å²) in [6.07, 6.45) is 3.95. The van der Waals surface area contributed by atoms with Gasteiger partial charge in [-0.3, -0.25) is 4.98 Å². The zero-order valence-electron chi connectivity index (χ0n) is 13.6. The molecule has 0 saturated carbocycles. The lowest BCUT2D eigenvalue weighted by atomic mass is 10.2. The summed E-state index contributed by atoms with van der Waals surface area (Å²) in [6, 6.07) is 13.7. The van der Waals surface area contributed by atoms with Crippen LogP contribution in [-0.4, -0.2) is 28.1 Å². The standard InChI is InChI=1S/C18H20N4OS/c1-2-23-17-8-6-16(7-9-17)21-18(24)22(12-4-10-19)14-15-5-3-11-20-13-15/h3,5-9,11,13H,2,4,12,14H2,1H3,(H,21,24). The first-order valence-corrected chi connectivity index (χ1v) is 8.18. The van der Waals surface area contributed by atoms with E-state index in [9.17, 15) is 0 Å². The topological polar surface area (TPSA) is 61.2 Å². The minimum atomic E-state index is 0.408. The smallest absolute Gasteiger partial charge is 0.173 e. The molecule has 24 heavy (non-hydrogen) atoms. The number of rotatable bonds is 7. The summed E-state index contributed by atoms with van der Waals surface area (Å²) in [7, 11) is 0. The Bertz CT molecular complexity index is 682. The highest BCUT2D eigenvalue weighted by atomic mass is 32.1. The SMILES string of the molecule is CCOc1ccc(NC(=S)N(CCC#N)Cc2cccnc2)cc1. The van der Waals surface area contributed by atoms with Crippen molar-refractivity contribution < 1.29 is 4.74 Å². The van der Waals surface area contributed by atoms with Gasteiger partial charge in [-0.05, 0) is 55.0 Å². The van der Waals surface area contributed by atoms with Crippen molar-refractivity contribution in [2.24, 2.45) is 0 Å². The summed E-state index contributed by atoms with van der Waals surface area (Å²) in [5.74, 6) is 0.825. The van der Waals surface area contributed by atoms with E-state index in [0.29, 0.717) is 31.2 Å². The van der Waals surface area contributed by atoms with E-state index in [0.717, 1.165) is 17.0 Å². The van der Waals surface area contributed by atoms with E-state index in [1.165, 1.54) is 0 Å². The second-order valence-electron chi connectivity index (χ2n) is 5.08. The molecule has 1 heterocycles. The van der Waals surface area contributed by atoms with Crippen molar-refractivity contribution in [3.63, 3.8) is 0 Å². The monoisotopic (exact) mass is 340 g/mol. The molecule has 0 saturated heterocycles. The van der Waals surface area contributed by atoms with E-state index in [2.05, 4.69) is 16.4 Å². The van der Waals surface area contributed by atoms with Crippen LogP contribution in [0, 0.1) is 11.3 Å². The third kappa shape index (κ3) is 5.52. The van der Waals surface area contributed by atoms with Gasteiger partial charge >= 0.3 is 0 Å². The van der Waals surface area contributed by atoms with E-state index < -0.39 is 0 Å². The number of thiocarbonyl (C=S) groups is 1. The summed E-state index contributed by atoms with van der Waals surface area (Å²) < 4.78 is 5.43. The third-order valence-electron chi connectivity index (χ3n) is 3.29. The van der Waals surface area contributed by atoms with Gasteiger partial charge in [0.05, 0.1) is 19.1 Å². The van der Waals surface area contributed by atoms with E-state index >= 15 is 0 Å². The highest BCUT2D eigenvalue weighted by Gasteiger charge is 2.11. The molecule has 0 unspecified atom stereocenters. The fourth-order valence-electron chi connectivity index (χ4n) is 2.15. The van der Waals surface area contributed by atoms with Crippen molar-refractivity contribution >= 4 is 23.0 Å².